The van der Waals surface area contributed by atoms with E-state index >= 15 is 0 Å². The minimum absolute atomic E-state index is 0.442. The van der Waals surface area contributed by atoms with Crippen LogP contribution in [0.2, 0.25) is 0 Å². The van der Waals surface area contributed by atoms with E-state index in [1.165, 1.54) is 77.4 Å². The number of aliphatic imine (C=N–C) groups is 3. The van der Waals surface area contributed by atoms with Gasteiger partial charge in [-0.25, -0.2) is 9.98 Å². The monoisotopic (exact) mass is 804 g/mol. The highest BCUT2D eigenvalue weighted by Crippen LogP contribution is 2.63. The van der Waals surface area contributed by atoms with E-state index in [2.05, 4.69) is 174 Å². The molecule has 0 saturated carbocycles. The van der Waals surface area contributed by atoms with Gasteiger partial charge in [0, 0.05) is 27.6 Å². The number of benzene rings is 9. The molecule has 0 aliphatic heterocycles. The molecule has 2 aliphatic rings. The first-order valence-electron chi connectivity index (χ1n) is 21.5. The lowest BCUT2D eigenvalue weighted by molar-refractivity contribution is 0.791. The first-order valence-corrected chi connectivity index (χ1v) is 21.5. The van der Waals surface area contributed by atoms with Crippen LogP contribution in [0.3, 0.4) is 0 Å². The molecule has 1 unspecified atom stereocenters. The van der Waals surface area contributed by atoms with Gasteiger partial charge in [0.15, 0.2) is 11.7 Å². The second-order valence-corrected chi connectivity index (χ2v) is 16.4. The molecule has 10 aromatic rings. The van der Waals surface area contributed by atoms with Crippen molar-refractivity contribution in [1.29, 1.82) is 0 Å². The molecule has 0 N–H and O–H groups in total. The summed E-state index contributed by atoms with van der Waals surface area (Å²) in [6.45, 7) is 4.31. The molecule has 4 heteroatoms. The Bertz CT molecular complexity index is 3480. The normalized spacial score (nSPS) is 15.0. The molecule has 63 heavy (non-hydrogen) atoms. The predicted octanol–water partition coefficient (Wildman–Crippen LogP) is 13.9. The van der Waals surface area contributed by atoms with E-state index in [1.54, 1.807) is 0 Å². The number of fused-ring (bicyclic) bond motifs is 13. The summed E-state index contributed by atoms with van der Waals surface area (Å²) in [6.07, 6.45) is 0. The third kappa shape index (κ3) is 5.72. The summed E-state index contributed by atoms with van der Waals surface area (Å²) in [5, 5.41) is 2.49. The summed E-state index contributed by atoms with van der Waals surface area (Å²) in [6, 6.07) is 78.6. The second kappa shape index (κ2) is 14.8. The maximum atomic E-state index is 5.22. The SMILES string of the molecule is C=NC(=NC(=NCc1ccc2c(c1)C1(c3ccccc3-2)c2ccccc2-c2ccc(-c3ccc4c(c3)c3ccccc3n4-c3ccccc3)cc21)c1ccccc1)c1ccccc1. The minimum atomic E-state index is -0.519. The molecule has 12 rings (SSSR count). The Morgan fingerprint density at radius 2 is 0.952 bits per heavy atom. The number of hydrogen-bond acceptors (Lipinski definition) is 1. The van der Waals surface area contributed by atoms with Crippen LogP contribution in [0.15, 0.2) is 233 Å². The zero-order valence-electron chi connectivity index (χ0n) is 34.5. The van der Waals surface area contributed by atoms with Crippen LogP contribution in [0.5, 0.6) is 0 Å². The summed E-state index contributed by atoms with van der Waals surface area (Å²) >= 11 is 0. The van der Waals surface area contributed by atoms with E-state index < -0.39 is 5.41 Å². The Morgan fingerprint density at radius 3 is 1.65 bits per heavy atom. The van der Waals surface area contributed by atoms with Gasteiger partial charge >= 0.3 is 0 Å². The van der Waals surface area contributed by atoms with Gasteiger partial charge in [-0.05, 0) is 104 Å². The third-order valence-corrected chi connectivity index (χ3v) is 13.0. The molecule has 1 heterocycles. The smallest absolute Gasteiger partial charge is 0.161 e. The first-order chi connectivity index (χ1) is 31.2. The molecule has 0 radical (unpaired) electrons. The zero-order valence-corrected chi connectivity index (χ0v) is 34.5. The summed E-state index contributed by atoms with van der Waals surface area (Å²) in [5.41, 5.74) is 18.6. The van der Waals surface area contributed by atoms with Gasteiger partial charge in [0.05, 0.1) is 23.0 Å². The minimum Gasteiger partial charge on any atom is -0.309 e. The number of para-hydroxylation sites is 2. The quantitative estimate of drug-likeness (QED) is 0.119. The molecule has 1 atom stereocenters. The molecule has 2 aliphatic carbocycles. The van der Waals surface area contributed by atoms with Crippen molar-refractivity contribution in [2.45, 2.75) is 12.0 Å². The lowest BCUT2D eigenvalue weighted by Gasteiger charge is -2.31. The van der Waals surface area contributed by atoms with Crippen LogP contribution >= 0.6 is 0 Å². The standard InChI is InChI=1S/C59H40N4/c1-60-57(40-17-5-2-6-18-40)62-58(41-19-7-3-8-20-41)61-38-39-29-32-47-45-23-11-14-26-51(45)59(53(47)35-39)52-27-15-12-24-46(52)48-33-30-43(37-54(48)59)42-31-34-56-50(36-42)49-25-13-16-28-55(49)63(56)44-21-9-4-10-22-44/h2-37H,1,38H2. The highest BCUT2D eigenvalue weighted by atomic mass is 15.0. The molecule has 296 valence electrons. The summed E-state index contributed by atoms with van der Waals surface area (Å²) < 4.78 is 2.38. The number of rotatable bonds is 6. The maximum Gasteiger partial charge on any atom is 0.161 e. The third-order valence-electron chi connectivity index (χ3n) is 13.0. The number of nitrogens with zero attached hydrogens (tertiary/aromatic N) is 4. The fourth-order valence-corrected chi connectivity index (χ4v) is 10.3. The van der Waals surface area contributed by atoms with Crippen molar-refractivity contribution in [2.75, 3.05) is 0 Å². The van der Waals surface area contributed by atoms with Crippen LogP contribution in [-0.4, -0.2) is 23.0 Å². The average Bonchev–Trinajstić information content (AvgIpc) is 3.96. The fraction of sp³-hybridized carbons (Fsp3) is 0.0339. The number of amidine groups is 2. The molecule has 9 aromatic carbocycles. The number of hydrogen-bond donors (Lipinski definition) is 0. The van der Waals surface area contributed by atoms with Crippen molar-refractivity contribution in [2.24, 2.45) is 15.0 Å². The van der Waals surface area contributed by atoms with E-state index in [9.17, 15) is 0 Å². The lowest BCUT2D eigenvalue weighted by atomic mass is 9.70. The highest BCUT2D eigenvalue weighted by molar-refractivity contribution is 6.13. The van der Waals surface area contributed by atoms with Crippen LogP contribution in [0, 0.1) is 0 Å². The zero-order chi connectivity index (χ0) is 41.9. The molecular weight excluding hydrogens is 765 g/mol. The van der Waals surface area contributed by atoms with Crippen molar-refractivity contribution < 1.29 is 0 Å². The van der Waals surface area contributed by atoms with Crippen LogP contribution in [0.4, 0.5) is 0 Å². The van der Waals surface area contributed by atoms with E-state index in [-0.39, 0.29) is 0 Å². The molecule has 0 fully saturated rings. The van der Waals surface area contributed by atoms with Crippen LogP contribution in [0.1, 0.15) is 38.9 Å². The van der Waals surface area contributed by atoms with Gasteiger partial charge < -0.3 is 4.57 Å². The second-order valence-electron chi connectivity index (χ2n) is 16.4. The largest absolute Gasteiger partial charge is 0.309 e. The Balaban J connectivity index is 1.02. The Hall–Kier alpha value is -8.21. The van der Waals surface area contributed by atoms with Gasteiger partial charge in [0.25, 0.3) is 0 Å². The molecule has 1 aromatic heterocycles. The Morgan fingerprint density at radius 1 is 0.429 bits per heavy atom. The molecule has 1 spiro atoms. The fourth-order valence-electron chi connectivity index (χ4n) is 10.3. The molecule has 4 nitrogen and oxygen atoms in total. The van der Waals surface area contributed by atoms with Gasteiger partial charge in [0.1, 0.15) is 0 Å². The predicted molar refractivity (Wildman–Crippen MR) is 262 cm³/mol. The van der Waals surface area contributed by atoms with Crippen molar-refractivity contribution >= 4 is 40.2 Å². The van der Waals surface area contributed by atoms with Gasteiger partial charge in [-0.3, -0.25) is 4.99 Å². The van der Waals surface area contributed by atoms with Gasteiger partial charge in [0.2, 0.25) is 0 Å². The van der Waals surface area contributed by atoms with Crippen molar-refractivity contribution in [1.82, 2.24) is 4.57 Å². The van der Waals surface area contributed by atoms with Gasteiger partial charge in [-0.2, -0.15) is 0 Å². The van der Waals surface area contributed by atoms with Crippen LogP contribution in [0.25, 0.3) is 60.9 Å². The van der Waals surface area contributed by atoms with Crippen LogP contribution in [-0.2, 0) is 12.0 Å². The molecular formula is C59H40N4. The topological polar surface area (TPSA) is 42.0 Å². The van der Waals surface area contributed by atoms with E-state index in [0.717, 1.165) is 22.4 Å². The maximum absolute atomic E-state index is 5.22. The summed E-state index contributed by atoms with van der Waals surface area (Å²) in [4.78, 5) is 14.6. The van der Waals surface area contributed by atoms with Crippen molar-refractivity contribution in [3.8, 4) is 39.1 Å². The van der Waals surface area contributed by atoms with E-state index in [1.807, 2.05) is 60.7 Å². The van der Waals surface area contributed by atoms with Gasteiger partial charge in [-0.1, -0.05) is 182 Å². The van der Waals surface area contributed by atoms with Crippen molar-refractivity contribution in [3.05, 3.63) is 257 Å². The van der Waals surface area contributed by atoms with E-state index in [4.69, 9.17) is 9.98 Å². The Kier molecular flexibility index (Phi) is 8.58. The lowest BCUT2D eigenvalue weighted by Crippen LogP contribution is -2.26. The summed E-state index contributed by atoms with van der Waals surface area (Å²) in [7, 11) is 0. The average molecular weight is 805 g/mol. The van der Waals surface area contributed by atoms with Gasteiger partial charge in [-0.15, -0.1) is 0 Å². The molecule has 0 saturated heterocycles. The van der Waals surface area contributed by atoms with Crippen molar-refractivity contribution in [3.63, 3.8) is 0 Å². The first kappa shape index (κ1) is 36.6. The number of aromatic nitrogens is 1. The highest BCUT2D eigenvalue weighted by Gasteiger charge is 2.51. The van der Waals surface area contributed by atoms with E-state index in [0.29, 0.717) is 18.2 Å². The summed E-state index contributed by atoms with van der Waals surface area (Å²) in [5.74, 6) is 1.16. The molecule has 0 bridgehead atoms. The van der Waals surface area contributed by atoms with Crippen LogP contribution < -0.4 is 0 Å². The molecule has 0 amide bonds. The Labute approximate surface area is 366 Å².